The molecule has 48 heavy (non-hydrogen) atoms. The molecule has 15 aromatic rings. The van der Waals surface area contributed by atoms with Crippen LogP contribution in [0.15, 0.2) is 82.9 Å². The second-order valence-corrected chi connectivity index (χ2v) is 16.4. The molecule has 9 aromatic carbocycles. The van der Waals surface area contributed by atoms with Crippen LogP contribution in [0.25, 0.3) is 150 Å². The quantitative estimate of drug-likeness (QED) is 0.136. The molecule has 15 rings (SSSR count). The number of aromatic nitrogens is 3. The zero-order valence-corrected chi connectivity index (χ0v) is 27.3. The first-order valence-electron chi connectivity index (χ1n) is 16.3. The van der Waals surface area contributed by atoms with E-state index in [1.54, 1.807) is 0 Å². The molecule has 6 heteroatoms. The Morgan fingerprint density at radius 3 is 1.54 bits per heavy atom. The Balaban J connectivity index is 1.53. The van der Waals surface area contributed by atoms with Crippen molar-refractivity contribution in [1.29, 1.82) is 0 Å². The summed E-state index contributed by atoms with van der Waals surface area (Å²) in [7, 11) is 0. The van der Waals surface area contributed by atoms with E-state index in [4.69, 9.17) is 0 Å². The maximum atomic E-state index is 4.01. The molecule has 3 nitrogen and oxygen atoms in total. The Hall–Kier alpha value is -5.40. The Kier molecular flexibility index (Phi) is 3.38. The minimum Gasteiger partial charge on any atom is -0.353 e. The fourth-order valence-electron chi connectivity index (χ4n) is 10.3. The van der Waals surface area contributed by atoms with Gasteiger partial charge in [-0.15, -0.1) is 34.0 Å². The van der Waals surface area contributed by atoms with E-state index in [1.165, 1.54) is 150 Å². The standard InChI is InChI=1S/C42H17N3S3/c1-2-8-21-17(5-1)27-30-26-18-11-12-46-40(18)38-35-24-15(6-3-9-22(24)44-38)20-14-48-42-29(20)33(31(26)35)34-32(30)28-19(13-47-41(28)37(27)43-21)16-7-4-10-23-25(16)36(34)39(42)45-23/h1-14,43-45H. The minimum absolute atomic E-state index is 1.20. The lowest BCUT2D eigenvalue weighted by Gasteiger charge is -2.17. The highest BCUT2D eigenvalue weighted by Crippen LogP contribution is 2.60. The number of aromatic amines is 3. The molecule has 0 amide bonds. The van der Waals surface area contributed by atoms with Crippen molar-refractivity contribution in [2.75, 3.05) is 0 Å². The van der Waals surface area contributed by atoms with Crippen molar-refractivity contribution in [2.45, 2.75) is 0 Å². The number of H-pyrrole nitrogens is 3. The van der Waals surface area contributed by atoms with Crippen LogP contribution in [0.1, 0.15) is 0 Å². The van der Waals surface area contributed by atoms with Crippen LogP contribution in [0.5, 0.6) is 0 Å². The SMILES string of the molecule is c1ccc2c(c1)[nH]c1c3scc4c5cccc6[nH]c7c8scc9c%10cccc%11[nH]c%12c%13sccc%13c%13c(c21)c(c43)c(c7c65)c(c98)c%13c%12c%11%10. The number of para-hydroxylation sites is 1. The van der Waals surface area contributed by atoms with Crippen molar-refractivity contribution >= 4 is 184 Å². The molecule has 0 aliphatic rings. The van der Waals surface area contributed by atoms with Crippen LogP contribution in [0.4, 0.5) is 0 Å². The van der Waals surface area contributed by atoms with Gasteiger partial charge in [0, 0.05) is 108 Å². The number of rotatable bonds is 0. The third kappa shape index (κ3) is 2.11. The maximum Gasteiger partial charge on any atom is 0.0653 e. The van der Waals surface area contributed by atoms with Gasteiger partial charge in [0.1, 0.15) is 0 Å². The van der Waals surface area contributed by atoms with Gasteiger partial charge in [-0.05, 0) is 51.2 Å². The summed E-state index contributed by atoms with van der Waals surface area (Å²) in [6, 6.07) is 25.1. The van der Waals surface area contributed by atoms with E-state index in [1.807, 2.05) is 34.0 Å². The van der Waals surface area contributed by atoms with Gasteiger partial charge in [0.25, 0.3) is 0 Å². The van der Waals surface area contributed by atoms with Gasteiger partial charge in [-0.25, -0.2) is 0 Å². The molecule has 0 aliphatic heterocycles. The number of hydrogen-bond donors (Lipinski definition) is 3. The summed E-state index contributed by atoms with van der Waals surface area (Å²) < 4.78 is 4.08. The van der Waals surface area contributed by atoms with E-state index in [0.29, 0.717) is 0 Å². The number of hydrogen-bond acceptors (Lipinski definition) is 3. The molecule has 6 aromatic heterocycles. The van der Waals surface area contributed by atoms with Crippen LogP contribution >= 0.6 is 34.0 Å². The van der Waals surface area contributed by atoms with E-state index in [0.717, 1.165) is 0 Å². The highest BCUT2D eigenvalue weighted by Gasteiger charge is 2.32. The molecule has 0 radical (unpaired) electrons. The Morgan fingerprint density at radius 1 is 0.312 bits per heavy atom. The van der Waals surface area contributed by atoms with Gasteiger partial charge in [-0.1, -0.05) is 42.5 Å². The monoisotopic (exact) mass is 659 g/mol. The van der Waals surface area contributed by atoms with E-state index in [2.05, 4.69) is 97.8 Å². The van der Waals surface area contributed by atoms with E-state index >= 15 is 0 Å². The minimum atomic E-state index is 1.20. The molecule has 3 N–H and O–H groups in total. The molecule has 0 saturated carbocycles. The highest BCUT2D eigenvalue weighted by molar-refractivity contribution is 7.20. The first kappa shape index (κ1) is 23.0. The fraction of sp³-hybridized carbons (Fsp3) is 0. The van der Waals surface area contributed by atoms with Crippen molar-refractivity contribution in [1.82, 2.24) is 15.0 Å². The van der Waals surface area contributed by atoms with Crippen LogP contribution in [-0.4, -0.2) is 15.0 Å². The average molecular weight is 660 g/mol. The zero-order valence-electron chi connectivity index (χ0n) is 24.8. The summed E-state index contributed by atoms with van der Waals surface area (Å²) in [5.74, 6) is 0. The molecule has 0 fully saturated rings. The molecule has 0 bridgehead atoms. The largest absolute Gasteiger partial charge is 0.353 e. The molecule has 0 saturated heterocycles. The van der Waals surface area contributed by atoms with Crippen LogP contribution in [0, 0.1) is 0 Å². The van der Waals surface area contributed by atoms with Crippen molar-refractivity contribution in [3.05, 3.63) is 82.9 Å². The van der Waals surface area contributed by atoms with Crippen molar-refractivity contribution < 1.29 is 0 Å². The Labute approximate surface area is 279 Å². The molecule has 218 valence electrons. The normalized spacial score (nSPS) is 13.8. The Bertz CT molecular complexity index is 3910. The summed E-state index contributed by atoms with van der Waals surface area (Å²) in [6.45, 7) is 0. The fourth-order valence-corrected chi connectivity index (χ4v) is 13.4. The van der Waals surface area contributed by atoms with E-state index in [-0.39, 0.29) is 0 Å². The van der Waals surface area contributed by atoms with E-state index in [9.17, 15) is 0 Å². The highest BCUT2D eigenvalue weighted by atomic mass is 32.1. The number of thiophene rings is 3. The molecule has 0 aliphatic carbocycles. The summed E-state index contributed by atoms with van der Waals surface area (Å²) in [6.07, 6.45) is 0. The van der Waals surface area contributed by atoms with Crippen molar-refractivity contribution in [2.24, 2.45) is 0 Å². The molecule has 6 heterocycles. The van der Waals surface area contributed by atoms with Crippen molar-refractivity contribution in [3.63, 3.8) is 0 Å². The van der Waals surface area contributed by atoms with Gasteiger partial charge < -0.3 is 15.0 Å². The second-order valence-electron chi connectivity index (χ2n) is 13.7. The topological polar surface area (TPSA) is 47.4 Å². The predicted molar refractivity (Wildman–Crippen MR) is 213 cm³/mol. The summed E-state index contributed by atoms with van der Waals surface area (Å²) in [5, 5.41) is 33.4. The first-order chi connectivity index (χ1) is 23.8. The second kappa shape index (κ2) is 7.05. The van der Waals surface area contributed by atoms with Gasteiger partial charge in [-0.3, -0.25) is 0 Å². The van der Waals surface area contributed by atoms with E-state index < -0.39 is 0 Å². The maximum absolute atomic E-state index is 4.01. The molecular formula is C42H17N3S3. The Morgan fingerprint density at radius 2 is 0.833 bits per heavy atom. The average Bonchev–Trinajstić information content (AvgIpc) is 3.94. The molecule has 0 atom stereocenters. The van der Waals surface area contributed by atoms with Gasteiger partial charge in [-0.2, -0.15) is 0 Å². The summed E-state index contributed by atoms with van der Waals surface area (Å²) in [4.78, 5) is 11.9. The summed E-state index contributed by atoms with van der Waals surface area (Å²) >= 11 is 5.68. The number of benzene rings is 7. The van der Waals surface area contributed by atoms with Gasteiger partial charge in [0.05, 0.1) is 30.6 Å². The van der Waals surface area contributed by atoms with Crippen molar-refractivity contribution in [3.8, 4) is 0 Å². The lowest BCUT2D eigenvalue weighted by atomic mass is 9.85. The van der Waals surface area contributed by atoms with Crippen LogP contribution in [0.2, 0.25) is 0 Å². The summed E-state index contributed by atoms with van der Waals surface area (Å²) in [5.41, 5.74) is 7.48. The van der Waals surface area contributed by atoms with Crippen LogP contribution in [-0.2, 0) is 0 Å². The lowest BCUT2D eigenvalue weighted by molar-refractivity contribution is 1.57. The number of fused-ring (bicyclic) bond motifs is 12. The predicted octanol–water partition coefficient (Wildman–Crippen LogP) is 13.8. The van der Waals surface area contributed by atoms with Gasteiger partial charge in [0.2, 0.25) is 0 Å². The third-order valence-corrected chi connectivity index (χ3v) is 14.8. The lowest BCUT2D eigenvalue weighted by Crippen LogP contribution is -1.89. The molecule has 0 unspecified atom stereocenters. The smallest absolute Gasteiger partial charge is 0.0653 e. The van der Waals surface area contributed by atoms with Crippen LogP contribution < -0.4 is 0 Å². The zero-order chi connectivity index (χ0) is 30.3. The molecule has 0 spiro atoms. The molecular weight excluding hydrogens is 643 g/mol. The van der Waals surface area contributed by atoms with Gasteiger partial charge >= 0.3 is 0 Å². The van der Waals surface area contributed by atoms with Crippen LogP contribution in [0.3, 0.4) is 0 Å². The first-order valence-corrected chi connectivity index (χ1v) is 19.0. The van der Waals surface area contributed by atoms with Gasteiger partial charge in [0.15, 0.2) is 0 Å². The third-order valence-electron chi connectivity index (χ3n) is 11.9. The number of nitrogens with one attached hydrogen (secondary N) is 3.